The molecule has 4 heteroatoms. The van der Waals surface area contributed by atoms with Gasteiger partial charge in [0.05, 0.1) is 19.8 Å². The summed E-state index contributed by atoms with van der Waals surface area (Å²) in [5.74, 6) is 1.12. The van der Waals surface area contributed by atoms with Gasteiger partial charge in [0.15, 0.2) is 0 Å². The molecule has 1 atom stereocenters. The Balaban J connectivity index is 2.39. The van der Waals surface area contributed by atoms with Crippen LogP contribution in [-0.4, -0.2) is 24.9 Å². The highest BCUT2D eigenvalue weighted by Crippen LogP contribution is 2.42. The van der Waals surface area contributed by atoms with E-state index in [0.29, 0.717) is 23.5 Å². The number of hydrogen-bond acceptors (Lipinski definition) is 3. The number of ether oxygens (including phenoxy) is 2. The van der Waals surface area contributed by atoms with Crippen LogP contribution >= 0.6 is 0 Å². The Labute approximate surface area is 107 Å². The van der Waals surface area contributed by atoms with Gasteiger partial charge in [0.1, 0.15) is 17.7 Å². The average molecular weight is 254 g/mol. The van der Waals surface area contributed by atoms with Crippen molar-refractivity contribution < 1.29 is 19.0 Å². The molecule has 18 heavy (non-hydrogen) atoms. The van der Waals surface area contributed by atoms with Crippen LogP contribution in [-0.2, 0) is 6.42 Å². The molecule has 0 radical (unpaired) electrons. The van der Waals surface area contributed by atoms with E-state index in [4.69, 9.17) is 9.47 Å². The third-order valence-corrected chi connectivity index (χ3v) is 3.41. The predicted molar refractivity (Wildman–Crippen MR) is 67.0 cm³/mol. The van der Waals surface area contributed by atoms with Gasteiger partial charge in [-0.05, 0) is 31.4 Å². The fraction of sp³-hybridized carbons (Fsp3) is 0.571. The first-order valence-electron chi connectivity index (χ1n) is 6.10. The summed E-state index contributed by atoms with van der Waals surface area (Å²) in [4.78, 5) is 0. The lowest BCUT2D eigenvalue weighted by Crippen LogP contribution is -2.12. The normalized spacial score (nSPS) is 18.3. The number of methoxy groups -OCH3 is 2. The maximum atomic E-state index is 13.6. The number of benzene rings is 1. The lowest BCUT2D eigenvalue weighted by atomic mass is 10.00. The maximum absolute atomic E-state index is 13.6. The van der Waals surface area contributed by atoms with E-state index in [1.165, 1.54) is 14.0 Å². The van der Waals surface area contributed by atoms with Gasteiger partial charge >= 0.3 is 0 Å². The van der Waals surface area contributed by atoms with Crippen LogP contribution in [0.25, 0.3) is 0 Å². The Morgan fingerprint density at radius 3 is 2.33 bits per heavy atom. The van der Waals surface area contributed by atoms with Gasteiger partial charge in [-0.2, -0.15) is 0 Å². The molecule has 100 valence electrons. The Bertz CT molecular complexity index is 439. The molecule has 0 aliphatic heterocycles. The van der Waals surface area contributed by atoms with E-state index in [1.54, 1.807) is 19.2 Å². The van der Waals surface area contributed by atoms with Crippen molar-refractivity contribution >= 4 is 0 Å². The van der Waals surface area contributed by atoms with Gasteiger partial charge in [0.25, 0.3) is 0 Å². The zero-order valence-electron chi connectivity index (χ0n) is 11.0. The second-order valence-corrected chi connectivity index (χ2v) is 4.92. The zero-order valence-corrected chi connectivity index (χ0v) is 11.0. The lowest BCUT2D eigenvalue weighted by molar-refractivity contribution is 0.149. The SMILES string of the molecule is COc1cc(OC)c(C(C)F)cc1CC1(O)CC1. The number of rotatable bonds is 5. The van der Waals surface area contributed by atoms with Crippen LogP contribution in [0.15, 0.2) is 12.1 Å². The minimum absolute atomic E-state index is 0.480. The van der Waals surface area contributed by atoms with Crippen molar-refractivity contribution in [1.82, 2.24) is 0 Å². The molecule has 0 heterocycles. The molecule has 1 aliphatic carbocycles. The first kappa shape index (κ1) is 13.1. The summed E-state index contributed by atoms with van der Waals surface area (Å²) in [7, 11) is 3.07. The van der Waals surface area contributed by atoms with E-state index in [-0.39, 0.29) is 0 Å². The number of hydrogen-bond donors (Lipinski definition) is 1. The molecule has 0 spiro atoms. The highest BCUT2D eigenvalue weighted by atomic mass is 19.1. The van der Waals surface area contributed by atoms with Gasteiger partial charge in [0.2, 0.25) is 0 Å². The van der Waals surface area contributed by atoms with Gasteiger partial charge in [0, 0.05) is 18.1 Å². The van der Waals surface area contributed by atoms with Crippen LogP contribution in [0.3, 0.4) is 0 Å². The molecule has 1 N–H and O–H groups in total. The van der Waals surface area contributed by atoms with E-state index in [9.17, 15) is 9.50 Å². The smallest absolute Gasteiger partial charge is 0.128 e. The van der Waals surface area contributed by atoms with Crippen LogP contribution in [0.5, 0.6) is 11.5 Å². The first-order chi connectivity index (χ1) is 8.49. The topological polar surface area (TPSA) is 38.7 Å². The highest BCUT2D eigenvalue weighted by Gasteiger charge is 2.41. The third-order valence-electron chi connectivity index (χ3n) is 3.41. The lowest BCUT2D eigenvalue weighted by Gasteiger charge is -2.17. The minimum atomic E-state index is -1.11. The molecular formula is C14H19FO3. The first-order valence-corrected chi connectivity index (χ1v) is 6.10. The molecule has 0 saturated heterocycles. The van der Waals surface area contributed by atoms with Crippen molar-refractivity contribution in [3.8, 4) is 11.5 Å². The molecule has 1 aromatic carbocycles. The fourth-order valence-electron chi connectivity index (χ4n) is 2.12. The van der Waals surface area contributed by atoms with Gasteiger partial charge in [-0.3, -0.25) is 0 Å². The zero-order chi connectivity index (χ0) is 13.3. The van der Waals surface area contributed by atoms with Crippen LogP contribution in [0, 0.1) is 0 Å². The second kappa shape index (κ2) is 4.76. The van der Waals surface area contributed by atoms with E-state index in [1.807, 2.05) is 0 Å². The summed E-state index contributed by atoms with van der Waals surface area (Å²) >= 11 is 0. The van der Waals surface area contributed by atoms with Crippen molar-refractivity contribution in [3.63, 3.8) is 0 Å². The van der Waals surface area contributed by atoms with Crippen molar-refractivity contribution in [2.45, 2.75) is 38.0 Å². The van der Waals surface area contributed by atoms with E-state index < -0.39 is 11.8 Å². The molecule has 0 aromatic heterocycles. The highest BCUT2D eigenvalue weighted by molar-refractivity contribution is 5.48. The summed E-state index contributed by atoms with van der Waals surface area (Å²) in [5, 5.41) is 9.98. The van der Waals surface area contributed by atoms with Crippen molar-refractivity contribution in [2.24, 2.45) is 0 Å². The molecule has 1 fully saturated rings. The summed E-state index contributed by atoms with van der Waals surface area (Å²) in [5.41, 5.74) is 0.703. The number of alkyl halides is 1. The molecular weight excluding hydrogens is 235 g/mol. The fourth-order valence-corrected chi connectivity index (χ4v) is 2.12. The third kappa shape index (κ3) is 2.58. The summed E-state index contributed by atoms with van der Waals surface area (Å²) in [6, 6.07) is 3.42. The largest absolute Gasteiger partial charge is 0.496 e. The Hall–Kier alpha value is -1.29. The second-order valence-electron chi connectivity index (χ2n) is 4.92. The van der Waals surface area contributed by atoms with Gasteiger partial charge in [-0.15, -0.1) is 0 Å². The number of halogens is 1. The van der Waals surface area contributed by atoms with E-state index in [0.717, 1.165) is 18.4 Å². The monoisotopic (exact) mass is 254 g/mol. The predicted octanol–water partition coefficient (Wildman–Crippen LogP) is 2.80. The van der Waals surface area contributed by atoms with Gasteiger partial charge in [-0.1, -0.05) is 0 Å². The van der Waals surface area contributed by atoms with Crippen LogP contribution in [0.2, 0.25) is 0 Å². The summed E-state index contributed by atoms with van der Waals surface area (Å²) < 4.78 is 24.0. The van der Waals surface area contributed by atoms with Crippen molar-refractivity contribution in [2.75, 3.05) is 14.2 Å². The van der Waals surface area contributed by atoms with Crippen LogP contribution in [0.4, 0.5) is 4.39 Å². The molecule has 1 aromatic rings. The van der Waals surface area contributed by atoms with Gasteiger partial charge in [-0.25, -0.2) is 4.39 Å². The molecule has 1 unspecified atom stereocenters. The van der Waals surface area contributed by atoms with Crippen LogP contribution < -0.4 is 9.47 Å². The standard InChI is InChI=1S/C14H19FO3/c1-9(15)11-6-10(8-14(16)4-5-14)12(17-2)7-13(11)18-3/h6-7,9,16H,4-5,8H2,1-3H3. The molecule has 1 saturated carbocycles. The van der Waals surface area contributed by atoms with E-state index in [2.05, 4.69) is 0 Å². The number of aliphatic hydroxyl groups is 1. The van der Waals surface area contributed by atoms with Crippen LogP contribution in [0.1, 0.15) is 37.1 Å². The Morgan fingerprint density at radius 1 is 1.28 bits per heavy atom. The average Bonchev–Trinajstić information content (AvgIpc) is 3.06. The molecule has 3 nitrogen and oxygen atoms in total. The molecule has 2 rings (SSSR count). The van der Waals surface area contributed by atoms with Crippen molar-refractivity contribution in [1.29, 1.82) is 0 Å². The van der Waals surface area contributed by atoms with Gasteiger partial charge < -0.3 is 14.6 Å². The Morgan fingerprint density at radius 2 is 1.89 bits per heavy atom. The summed E-state index contributed by atoms with van der Waals surface area (Å²) in [6.07, 6.45) is 0.976. The summed E-state index contributed by atoms with van der Waals surface area (Å²) in [6.45, 7) is 1.47. The van der Waals surface area contributed by atoms with Crippen molar-refractivity contribution in [3.05, 3.63) is 23.3 Å². The molecule has 0 bridgehead atoms. The van der Waals surface area contributed by atoms with E-state index >= 15 is 0 Å². The quantitative estimate of drug-likeness (QED) is 0.878. The molecule has 0 amide bonds. The molecule has 1 aliphatic rings. The minimum Gasteiger partial charge on any atom is -0.496 e. The Kier molecular flexibility index (Phi) is 3.48. The maximum Gasteiger partial charge on any atom is 0.128 e.